The lowest BCUT2D eigenvalue weighted by Crippen LogP contribution is -2.37. The fourth-order valence-electron chi connectivity index (χ4n) is 1.47. The molecule has 0 radical (unpaired) electrons. The van der Waals surface area contributed by atoms with Gasteiger partial charge < -0.3 is 15.2 Å². The van der Waals surface area contributed by atoms with Crippen LogP contribution in [0.3, 0.4) is 0 Å². The van der Waals surface area contributed by atoms with E-state index in [0.29, 0.717) is 10.9 Å². The van der Waals surface area contributed by atoms with Crippen LogP contribution in [-0.4, -0.2) is 40.6 Å². The summed E-state index contributed by atoms with van der Waals surface area (Å²) in [5, 5.41) is 23.5. The zero-order chi connectivity index (χ0) is 15.1. The van der Waals surface area contributed by atoms with E-state index in [0.717, 1.165) is 5.01 Å². The van der Waals surface area contributed by atoms with E-state index in [1.54, 1.807) is 19.1 Å². The first-order chi connectivity index (χ1) is 10.1. The van der Waals surface area contributed by atoms with Crippen molar-refractivity contribution < 1.29 is 14.6 Å². The minimum absolute atomic E-state index is 0.0798. The first kappa shape index (κ1) is 15.2. The number of urea groups is 1. The fraction of sp³-hybridized carbons (Fsp3) is 0.308. The smallest absolute Gasteiger partial charge is 0.321 e. The van der Waals surface area contributed by atoms with Crippen LogP contribution in [0.25, 0.3) is 0 Å². The lowest BCUT2D eigenvalue weighted by Gasteiger charge is -2.13. The van der Waals surface area contributed by atoms with Crippen molar-refractivity contribution in [3.8, 4) is 5.75 Å². The van der Waals surface area contributed by atoms with E-state index in [2.05, 4.69) is 20.8 Å². The number of aromatic nitrogens is 2. The highest BCUT2D eigenvalue weighted by atomic mass is 32.1. The molecule has 1 heterocycles. The summed E-state index contributed by atoms with van der Waals surface area (Å²) >= 11 is 1.28. The number of amides is 2. The molecule has 0 fully saturated rings. The van der Waals surface area contributed by atoms with Crippen molar-refractivity contribution in [2.75, 3.05) is 18.5 Å². The van der Waals surface area contributed by atoms with Crippen LogP contribution in [0.2, 0.25) is 0 Å². The Balaban J connectivity index is 1.66. The highest BCUT2D eigenvalue weighted by Gasteiger charge is 2.09. The second kappa shape index (κ2) is 7.55. The van der Waals surface area contributed by atoms with Gasteiger partial charge in [-0.2, -0.15) is 0 Å². The molecule has 0 saturated carbocycles. The molecule has 1 aromatic carbocycles. The SMILES string of the molecule is Cc1nnc(NC(=O)NCC(O)COc2ccccc2)s1. The van der Waals surface area contributed by atoms with Crippen LogP contribution < -0.4 is 15.4 Å². The molecule has 2 aromatic rings. The van der Waals surface area contributed by atoms with Crippen molar-refractivity contribution in [2.45, 2.75) is 13.0 Å². The maximum atomic E-state index is 11.6. The van der Waals surface area contributed by atoms with Gasteiger partial charge in [0.25, 0.3) is 0 Å². The van der Waals surface area contributed by atoms with Gasteiger partial charge in [0.2, 0.25) is 5.13 Å². The number of anilines is 1. The van der Waals surface area contributed by atoms with Gasteiger partial charge in [-0.3, -0.25) is 5.32 Å². The van der Waals surface area contributed by atoms with Crippen molar-refractivity contribution in [1.29, 1.82) is 0 Å². The average molecular weight is 308 g/mol. The third-order valence-electron chi connectivity index (χ3n) is 2.43. The zero-order valence-electron chi connectivity index (χ0n) is 11.4. The molecule has 1 unspecified atom stereocenters. The number of carbonyl (C=O) groups excluding carboxylic acids is 1. The van der Waals surface area contributed by atoms with Gasteiger partial charge in [-0.25, -0.2) is 4.79 Å². The predicted molar refractivity (Wildman–Crippen MR) is 79.6 cm³/mol. The number of carbonyl (C=O) groups is 1. The maximum Gasteiger partial charge on any atom is 0.321 e. The van der Waals surface area contributed by atoms with Crippen LogP contribution in [0, 0.1) is 6.92 Å². The first-order valence-corrected chi connectivity index (χ1v) is 7.16. The van der Waals surface area contributed by atoms with Crippen molar-refractivity contribution in [3.05, 3.63) is 35.3 Å². The lowest BCUT2D eigenvalue weighted by atomic mass is 10.3. The van der Waals surface area contributed by atoms with Gasteiger partial charge in [-0.1, -0.05) is 29.5 Å². The van der Waals surface area contributed by atoms with Crippen LogP contribution in [0.1, 0.15) is 5.01 Å². The van der Waals surface area contributed by atoms with Crippen LogP contribution in [-0.2, 0) is 0 Å². The number of hydrogen-bond acceptors (Lipinski definition) is 6. The molecule has 8 heteroatoms. The van der Waals surface area contributed by atoms with Crippen LogP contribution >= 0.6 is 11.3 Å². The van der Waals surface area contributed by atoms with Gasteiger partial charge in [0.1, 0.15) is 23.5 Å². The van der Waals surface area contributed by atoms with Gasteiger partial charge in [0, 0.05) is 6.54 Å². The van der Waals surface area contributed by atoms with Crippen LogP contribution in [0.4, 0.5) is 9.93 Å². The molecule has 0 spiro atoms. The molecule has 1 atom stereocenters. The topological polar surface area (TPSA) is 96.4 Å². The number of hydrogen-bond donors (Lipinski definition) is 3. The Hall–Kier alpha value is -2.19. The molecule has 0 aliphatic rings. The number of aliphatic hydroxyl groups excluding tert-OH is 1. The summed E-state index contributed by atoms with van der Waals surface area (Å²) in [5.74, 6) is 0.672. The number of aryl methyl sites for hydroxylation is 1. The highest BCUT2D eigenvalue weighted by molar-refractivity contribution is 7.15. The van der Waals surface area contributed by atoms with Gasteiger partial charge >= 0.3 is 6.03 Å². The van der Waals surface area contributed by atoms with Crippen molar-refractivity contribution in [2.24, 2.45) is 0 Å². The molecule has 0 aliphatic heterocycles. The Morgan fingerprint density at radius 1 is 1.38 bits per heavy atom. The number of ether oxygens (including phenoxy) is 1. The number of nitrogens with zero attached hydrogens (tertiary/aromatic N) is 2. The molecule has 112 valence electrons. The number of benzene rings is 1. The normalized spacial score (nSPS) is 11.7. The Morgan fingerprint density at radius 3 is 2.81 bits per heavy atom. The van der Waals surface area contributed by atoms with E-state index in [4.69, 9.17) is 4.74 Å². The minimum atomic E-state index is -0.799. The molecule has 2 rings (SSSR count). The molecular formula is C13H16N4O3S. The van der Waals surface area contributed by atoms with E-state index in [-0.39, 0.29) is 13.2 Å². The Bertz CT molecular complexity index is 576. The Morgan fingerprint density at radius 2 is 2.14 bits per heavy atom. The largest absolute Gasteiger partial charge is 0.491 e. The fourth-order valence-corrected chi connectivity index (χ4v) is 2.05. The third kappa shape index (κ3) is 5.36. The minimum Gasteiger partial charge on any atom is -0.491 e. The van der Waals surface area contributed by atoms with E-state index in [1.165, 1.54) is 11.3 Å². The average Bonchev–Trinajstić information content (AvgIpc) is 2.89. The molecule has 7 nitrogen and oxygen atoms in total. The lowest BCUT2D eigenvalue weighted by molar-refractivity contribution is 0.108. The molecule has 0 bridgehead atoms. The number of nitrogens with one attached hydrogen (secondary N) is 2. The van der Waals surface area contributed by atoms with Gasteiger partial charge in [0.15, 0.2) is 0 Å². The highest BCUT2D eigenvalue weighted by Crippen LogP contribution is 2.13. The monoisotopic (exact) mass is 308 g/mol. The quantitative estimate of drug-likeness (QED) is 0.750. The standard InChI is InChI=1S/C13H16N4O3S/c1-9-16-17-13(21-9)15-12(19)14-7-10(18)8-20-11-5-3-2-4-6-11/h2-6,10,18H,7-8H2,1H3,(H2,14,15,17,19). The third-order valence-corrected chi connectivity index (χ3v) is 3.18. The number of aliphatic hydroxyl groups is 1. The molecule has 3 N–H and O–H groups in total. The molecule has 2 amide bonds. The molecular weight excluding hydrogens is 292 g/mol. The first-order valence-electron chi connectivity index (χ1n) is 6.34. The van der Waals surface area contributed by atoms with Crippen molar-refractivity contribution in [3.63, 3.8) is 0 Å². The van der Waals surface area contributed by atoms with E-state index in [9.17, 15) is 9.90 Å². The van der Waals surface area contributed by atoms with Gasteiger partial charge in [0.05, 0.1) is 0 Å². The second-order valence-electron chi connectivity index (χ2n) is 4.24. The maximum absolute atomic E-state index is 11.6. The number of rotatable bonds is 6. The van der Waals surface area contributed by atoms with Crippen molar-refractivity contribution >= 4 is 22.5 Å². The molecule has 1 aromatic heterocycles. The van der Waals surface area contributed by atoms with Crippen LogP contribution in [0.15, 0.2) is 30.3 Å². The predicted octanol–water partition coefficient (Wildman–Crippen LogP) is 1.41. The Labute approximate surface area is 126 Å². The Kier molecular flexibility index (Phi) is 5.47. The summed E-state index contributed by atoms with van der Waals surface area (Å²) < 4.78 is 5.38. The van der Waals surface area contributed by atoms with Crippen LogP contribution in [0.5, 0.6) is 5.75 Å². The molecule has 0 aliphatic carbocycles. The summed E-state index contributed by atoms with van der Waals surface area (Å²) in [6, 6.07) is 8.72. The zero-order valence-corrected chi connectivity index (χ0v) is 12.3. The summed E-state index contributed by atoms with van der Waals surface area (Å²) in [6.07, 6.45) is -0.799. The summed E-state index contributed by atoms with van der Waals surface area (Å²) in [7, 11) is 0. The number of para-hydroxylation sites is 1. The molecule has 21 heavy (non-hydrogen) atoms. The summed E-state index contributed by atoms with van der Waals surface area (Å²) in [4.78, 5) is 11.6. The second-order valence-corrected chi connectivity index (χ2v) is 5.42. The molecule has 0 saturated heterocycles. The summed E-state index contributed by atoms with van der Waals surface area (Å²) in [5.41, 5.74) is 0. The van der Waals surface area contributed by atoms with E-state index >= 15 is 0 Å². The van der Waals surface area contributed by atoms with Gasteiger partial charge in [-0.05, 0) is 19.1 Å². The van der Waals surface area contributed by atoms with Crippen molar-refractivity contribution in [1.82, 2.24) is 15.5 Å². The van der Waals surface area contributed by atoms with E-state index in [1.807, 2.05) is 18.2 Å². The van der Waals surface area contributed by atoms with Gasteiger partial charge in [-0.15, -0.1) is 10.2 Å². The van der Waals surface area contributed by atoms with E-state index < -0.39 is 12.1 Å². The summed E-state index contributed by atoms with van der Waals surface area (Å²) in [6.45, 7) is 1.98.